The van der Waals surface area contributed by atoms with E-state index in [1.54, 1.807) is 7.11 Å². The van der Waals surface area contributed by atoms with Gasteiger partial charge in [-0.25, -0.2) is 4.39 Å². The summed E-state index contributed by atoms with van der Waals surface area (Å²) in [6, 6.07) is 12.8. The van der Waals surface area contributed by atoms with Crippen LogP contribution >= 0.6 is 15.9 Å². The molecule has 0 radical (unpaired) electrons. The topological polar surface area (TPSA) is 12.5 Å². The number of hydrogen-bond donors (Lipinski definition) is 0. The number of rotatable bonds is 4. The van der Waals surface area contributed by atoms with Crippen molar-refractivity contribution < 1.29 is 9.13 Å². The Morgan fingerprint density at radius 1 is 1.17 bits per heavy atom. The first-order valence-corrected chi connectivity index (χ1v) is 8.45. The zero-order valence-corrected chi connectivity index (χ0v) is 14.6. The van der Waals surface area contributed by atoms with Gasteiger partial charge in [-0.15, -0.1) is 0 Å². The molecule has 0 bridgehead atoms. The SMILES string of the molecule is COc1ccc(Br)cc1CN1CC=C(c2ccc(F)cc2)CC1. The summed E-state index contributed by atoms with van der Waals surface area (Å²) in [5.74, 6) is 0.732. The molecule has 2 aromatic carbocycles. The summed E-state index contributed by atoms with van der Waals surface area (Å²) in [5, 5.41) is 0. The Balaban J connectivity index is 1.69. The lowest BCUT2D eigenvalue weighted by molar-refractivity contribution is 0.287. The fraction of sp³-hybridized carbons (Fsp3) is 0.263. The van der Waals surface area contributed by atoms with E-state index in [-0.39, 0.29) is 5.82 Å². The Morgan fingerprint density at radius 3 is 2.61 bits per heavy atom. The van der Waals surface area contributed by atoms with Gasteiger partial charge in [-0.3, -0.25) is 4.90 Å². The minimum atomic E-state index is -0.187. The fourth-order valence-electron chi connectivity index (χ4n) is 2.89. The first-order chi connectivity index (χ1) is 11.2. The van der Waals surface area contributed by atoms with Crippen molar-refractivity contribution in [1.82, 2.24) is 4.90 Å². The highest BCUT2D eigenvalue weighted by Gasteiger charge is 2.15. The normalized spacial score (nSPS) is 15.3. The first kappa shape index (κ1) is 16.2. The largest absolute Gasteiger partial charge is 0.496 e. The van der Waals surface area contributed by atoms with Gasteiger partial charge < -0.3 is 4.74 Å². The monoisotopic (exact) mass is 375 g/mol. The van der Waals surface area contributed by atoms with Gasteiger partial charge in [0.15, 0.2) is 0 Å². The molecule has 4 heteroatoms. The van der Waals surface area contributed by atoms with E-state index in [4.69, 9.17) is 4.74 Å². The van der Waals surface area contributed by atoms with Gasteiger partial charge in [-0.1, -0.05) is 34.1 Å². The molecule has 2 aromatic rings. The van der Waals surface area contributed by atoms with Crippen LogP contribution in [-0.2, 0) is 6.54 Å². The van der Waals surface area contributed by atoms with Gasteiger partial charge >= 0.3 is 0 Å². The molecular formula is C19H19BrFNO. The zero-order chi connectivity index (χ0) is 16.2. The molecule has 0 amide bonds. The van der Waals surface area contributed by atoms with E-state index in [0.29, 0.717) is 0 Å². The van der Waals surface area contributed by atoms with E-state index in [1.165, 1.54) is 23.3 Å². The molecule has 0 unspecified atom stereocenters. The van der Waals surface area contributed by atoms with Gasteiger partial charge in [0.2, 0.25) is 0 Å². The van der Waals surface area contributed by atoms with Crippen LogP contribution in [0.1, 0.15) is 17.5 Å². The van der Waals surface area contributed by atoms with Gasteiger partial charge in [0, 0.05) is 29.7 Å². The van der Waals surface area contributed by atoms with E-state index in [1.807, 2.05) is 24.3 Å². The molecule has 1 aliphatic heterocycles. The van der Waals surface area contributed by atoms with Crippen molar-refractivity contribution in [2.75, 3.05) is 20.2 Å². The molecule has 3 rings (SSSR count). The van der Waals surface area contributed by atoms with Gasteiger partial charge in [-0.2, -0.15) is 0 Å². The van der Waals surface area contributed by atoms with Crippen LogP contribution in [0.15, 0.2) is 53.0 Å². The van der Waals surface area contributed by atoms with Crippen LogP contribution in [-0.4, -0.2) is 25.1 Å². The zero-order valence-electron chi connectivity index (χ0n) is 13.1. The molecule has 0 aliphatic carbocycles. The summed E-state index contributed by atoms with van der Waals surface area (Å²) < 4.78 is 19.5. The quantitative estimate of drug-likeness (QED) is 0.754. The Morgan fingerprint density at radius 2 is 1.96 bits per heavy atom. The van der Waals surface area contributed by atoms with Crippen LogP contribution in [0.5, 0.6) is 5.75 Å². The summed E-state index contributed by atoms with van der Waals surface area (Å²) in [5.41, 5.74) is 3.59. The average molecular weight is 376 g/mol. The third-order valence-electron chi connectivity index (χ3n) is 4.14. The highest BCUT2D eigenvalue weighted by molar-refractivity contribution is 9.10. The summed E-state index contributed by atoms with van der Waals surface area (Å²) >= 11 is 3.52. The van der Waals surface area contributed by atoms with Crippen LogP contribution in [0.4, 0.5) is 4.39 Å². The molecule has 1 heterocycles. The third kappa shape index (κ3) is 4.01. The molecule has 120 valence electrons. The van der Waals surface area contributed by atoms with Crippen molar-refractivity contribution >= 4 is 21.5 Å². The Bertz CT molecular complexity index is 712. The van der Waals surface area contributed by atoms with Crippen LogP contribution in [0, 0.1) is 5.82 Å². The summed E-state index contributed by atoms with van der Waals surface area (Å²) in [6.07, 6.45) is 3.21. The van der Waals surface area contributed by atoms with Crippen LogP contribution < -0.4 is 4.74 Å². The number of hydrogen-bond acceptors (Lipinski definition) is 2. The smallest absolute Gasteiger partial charge is 0.123 e. The Kier molecular flexibility index (Phi) is 5.13. The lowest BCUT2D eigenvalue weighted by Gasteiger charge is -2.27. The average Bonchev–Trinajstić information content (AvgIpc) is 2.57. The molecule has 0 N–H and O–H groups in total. The van der Waals surface area contributed by atoms with E-state index in [2.05, 4.69) is 33.0 Å². The van der Waals surface area contributed by atoms with Crippen LogP contribution in [0.2, 0.25) is 0 Å². The predicted molar refractivity (Wildman–Crippen MR) is 95.0 cm³/mol. The summed E-state index contributed by atoms with van der Waals surface area (Å²) in [7, 11) is 1.70. The van der Waals surface area contributed by atoms with E-state index >= 15 is 0 Å². The molecule has 0 aromatic heterocycles. The van der Waals surface area contributed by atoms with Gasteiger partial charge in [0.25, 0.3) is 0 Å². The van der Waals surface area contributed by atoms with Crippen LogP contribution in [0.3, 0.4) is 0 Å². The third-order valence-corrected chi connectivity index (χ3v) is 4.64. The van der Waals surface area contributed by atoms with Crippen molar-refractivity contribution in [3.63, 3.8) is 0 Å². The van der Waals surface area contributed by atoms with Crippen molar-refractivity contribution in [3.8, 4) is 5.75 Å². The second kappa shape index (κ2) is 7.28. The molecule has 0 fully saturated rings. The second-order valence-corrected chi connectivity index (χ2v) is 6.59. The molecule has 0 atom stereocenters. The number of ether oxygens (including phenoxy) is 1. The standard InChI is InChI=1S/C19H19BrFNO/c1-23-19-7-4-17(20)12-16(19)13-22-10-8-15(9-11-22)14-2-5-18(21)6-3-14/h2-8,12H,9-11,13H2,1H3. The maximum absolute atomic E-state index is 13.0. The molecule has 2 nitrogen and oxygen atoms in total. The first-order valence-electron chi connectivity index (χ1n) is 7.65. The number of benzene rings is 2. The minimum absolute atomic E-state index is 0.187. The fourth-order valence-corrected chi connectivity index (χ4v) is 3.30. The van der Waals surface area contributed by atoms with E-state index in [0.717, 1.165) is 41.8 Å². The van der Waals surface area contributed by atoms with Gasteiger partial charge in [0.1, 0.15) is 11.6 Å². The van der Waals surface area contributed by atoms with Crippen molar-refractivity contribution in [2.24, 2.45) is 0 Å². The molecule has 0 spiro atoms. The second-order valence-electron chi connectivity index (χ2n) is 5.68. The number of methoxy groups -OCH3 is 1. The highest BCUT2D eigenvalue weighted by atomic mass is 79.9. The molecule has 1 aliphatic rings. The van der Waals surface area contributed by atoms with Gasteiger partial charge in [-0.05, 0) is 47.9 Å². The minimum Gasteiger partial charge on any atom is -0.496 e. The van der Waals surface area contributed by atoms with Gasteiger partial charge in [0.05, 0.1) is 7.11 Å². The molecular weight excluding hydrogens is 357 g/mol. The Labute approximate surface area is 144 Å². The Hall–Kier alpha value is -1.65. The molecule has 0 saturated carbocycles. The van der Waals surface area contributed by atoms with Crippen molar-refractivity contribution in [2.45, 2.75) is 13.0 Å². The van der Waals surface area contributed by atoms with Crippen molar-refractivity contribution in [3.05, 3.63) is 70.0 Å². The van der Waals surface area contributed by atoms with Crippen molar-refractivity contribution in [1.29, 1.82) is 0 Å². The van der Waals surface area contributed by atoms with E-state index < -0.39 is 0 Å². The summed E-state index contributed by atoms with van der Waals surface area (Å²) in [6.45, 7) is 2.73. The van der Waals surface area contributed by atoms with E-state index in [9.17, 15) is 4.39 Å². The highest BCUT2D eigenvalue weighted by Crippen LogP contribution is 2.27. The lowest BCUT2D eigenvalue weighted by Crippen LogP contribution is -2.28. The molecule has 23 heavy (non-hydrogen) atoms. The predicted octanol–water partition coefficient (Wildman–Crippen LogP) is 4.89. The lowest BCUT2D eigenvalue weighted by atomic mass is 9.99. The maximum Gasteiger partial charge on any atom is 0.123 e. The maximum atomic E-state index is 13.0. The molecule has 0 saturated heterocycles. The number of halogens is 2. The summed E-state index contributed by atoms with van der Waals surface area (Å²) in [4.78, 5) is 2.39. The number of nitrogens with zero attached hydrogens (tertiary/aromatic N) is 1. The van der Waals surface area contributed by atoms with Crippen LogP contribution in [0.25, 0.3) is 5.57 Å².